The summed E-state index contributed by atoms with van der Waals surface area (Å²) in [6.07, 6.45) is 0.287. The summed E-state index contributed by atoms with van der Waals surface area (Å²) < 4.78 is 4.98. The number of nitrogens with zero attached hydrogens (tertiary/aromatic N) is 1. The highest BCUT2D eigenvalue weighted by Gasteiger charge is 1.95. The van der Waals surface area contributed by atoms with Crippen LogP contribution in [0, 0.1) is 23.2 Å². The van der Waals surface area contributed by atoms with Crippen LogP contribution in [0.5, 0.6) is 0 Å². The summed E-state index contributed by atoms with van der Waals surface area (Å²) in [5.41, 5.74) is 0.965. The minimum absolute atomic E-state index is 0.287. The van der Waals surface area contributed by atoms with Crippen molar-refractivity contribution in [1.82, 2.24) is 0 Å². The van der Waals surface area contributed by atoms with E-state index in [1.807, 2.05) is 17.5 Å². The number of hydrogen-bond acceptors (Lipinski definition) is 3. The van der Waals surface area contributed by atoms with Crippen molar-refractivity contribution in [2.24, 2.45) is 0 Å². The third-order valence-corrected chi connectivity index (χ3v) is 2.25. The van der Waals surface area contributed by atoms with E-state index >= 15 is 0 Å². The second kappa shape index (κ2) is 5.37. The van der Waals surface area contributed by atoms with Gasteiger partial charge in [-0.3, -0.25) is 0 Å². The lowest BCUT2D eigenvalue weighted by molar-refractivity contribution is 0.187. The largest absolute Gasteiger partial charge is 0.379 e. The van der Waals surface area contributed by atoms with Crippen molar-refractivity contribution in [3.63, 3.8) is 0 Å². The van der Waals surface area contributed by atoms with Gasteiger partial charge in [-0.05, 0) is 6.07 Å². The van der Waals surface area contributed by atoms with E-state index in [1.54, 1.807) is 18.4 Å². The number of ether oxygens (including phenoxy) is 1. The first kappa shape index (κ1) is 9.80. The Kier molecular flexibility index (Phi) is 4.05. The Morgan fingerprint density at radius 3 is 3.15 bits per heavy atom. The van der Waals surface area contributed by atoms with Gasteiger partial charge in [-0.15, -0.1) is 11.3 Å². The van der Waals surface area contributed by atoms with Crippen molar-refractivity contribution in [3.05, 3.63) is 21.9 Å². The topological polar surface area (TPSA) is 33.0 Å². The zero-order valence-corrected chi connectivity index (χ0v) is 8.15. The van der Waals surface area contributed by atoms with Gasteiger partial charge < -0.3 is 4.74 Å². The first-order chi connectivity index (χ1) is 6.36. The van der Waals surface area contributed by atoms with Gasteiger partial charge in [0.1, 0.15) is 0 Å². The summed E-state index contributed by atoms with van der Waals surface area (Å²) in [6, 6.07) is 3.96. The molecule has 66 valence electrons. The van der Waals surface area contributed by atoms with E-state index in [2.05, 4.69) is 11.8 Å². The summed E-state index contributed by atoms with van der Waals surface area (Å²) in [5, 5.41) is 10.2. The molecule has 1 heterocycles. The van der Waals surface area contributed by atoms with E-state index < -0.39 is 0 Å². The van der Waals surface area contributed by atoms with Crippen LogP contribution in [0.15, 0.2) is 11.4 Å². The molecule has 0 saturated heterocycles. The third kappa shape index (κ3) is 3.29. The fourth-order valence-corrected chi connectivity index (χ4v) is 1.64. The Morgan fingerprint density at radius 1 is 1.62 bits per heavy atom. The lowest BCUT2D eigenvalue weighted by Crippen LogP contribution is -1.80. The highest BCUT2D eigenvalue weighted by atomic mass is 32.1. The normalized spacial score (nSPS) is 8.62. The van der Waals surface area contributed by atoms with E-state index in [-0.39, 0.29) is 6.42 Å². The zero-order valence-electron chi connectivity index (χ0n) is 7.33. The summed E-state index contributed by atoms with van der Waals surface area (Å²) >= 11 is 1.62. The smallest absolute Gasteiger partial charge is 0.0966 e. The molecule has 3 heteroatoms. The minimum atomic E-state index is 0.287. The summed E-state index contributed by atoms with van der Waals surface area (Å²) in [5.74, 6) is 5.67. The Morgan fingerprint density at radius 2 is 2.46 bits per heavy atom. The molecule has 1 aromatic rings. The lowest BCUT2D eigenvalue weighted by atomic mass is 10.3. The first-order valence-corrected chi connectivity index (χ1v) is 4.67. The molecule has 0 aliphatic rings. The first-order valence-electron chi connectivity index (χ1n) is 3.79. The van der Waals surface area contributed by atoms with Crippen molar-refractivity contribution in [1.29, 1.82) is 5.26 Å². The van der Waals surface area contributed by atoms with Crippen molar-refractivity contribution in [2.75, 3.05) is 7.11 Å². The van der Waals surface area contributed by atoms with Gasteiger partial charge >= 0.3 is 0 Å². The van der Waals surface area contributed by atoms with Crippen LogP contribution in [0.25, 0.3) is 0 Å². The Labute approximate surface area is 81.8 Å². The average molecular weight is 191 g/mol. The van der Waals surface area contributed by atoms with Crippen LogP contribution < -0.4 is 0 Å². The summed E-state index contributed by atoms with van der Waals surface area (Å²) in [6.45, 7) is 0.630. The van der Waals surface area contributed by atoms with Crippen molar-refractivity contribution < 1.29 is 4.74 Å². The van der Waals surface area contributed by atoms with Gasteiger partial charge in [0.05, 0.1) is 19.1 Å². The van der Waals surface area contributed by atoms with Crippen LogP contribution in [0.2, 0.25) is 0 Å². The van der Waals surface area contributed by atoms with Crippen molar-refractivity contribution in [2.45, 2.75) is 13.0 Å². The SMILES string of the molecule is COCc1cc(C#CCC#N)cs1. The van der Waals surface area contributed by atoms with E-state index in [1.165, 1.54) is 0 Å². The van der Waals surface area contributed by atoms with Gasteiger partial charge in [0, 0.05) is 22.9 Å². The average Bonchev–Trinajstić information content (AvgIpc) is 2.54. The maximum Gasteiger partial charge on any atom is 0.0966 e. The molecule has 0 atom stereocenters. The molecule has 0 aromatic carbocycles. The van der Waals surface area contributed by atoms with Gasteiger partial charge in [-0.2, -0.15) is 5.26 Å². The van der Waals surface area contributed by atoms with Gasteiger partial charge in [-0.25, -0.2) is 0 Å². The predicted molar refractivity (Wildman–Crippen MR) is 52.1 cm³/mol. The second-order valence-electron chi connectivity index (χ2n) is 2.37. The quantitative estimate of drug-likeness (QED) is 0.671. The molecule has 1 aromatic heterocycles. The van der Waals surface area contributed by atoms with Crippen LogP contribution in [0.4, 0.5) is 0 Å². The molecular weight excluding hydrogens is 182 g/mol. The van der Waals surface area contributed by atoms with Gasteiger partial charge in [0.2, 0.25) is 0 Å². The molecule has 1 rings (SSSR count). The molecule has 0 N–H and O–H groups in total. The predicted octanol–water partition coefficient (Wildman–Crippen LogP) is 2.16. The molecule has 0 spiro atoms. The Hall–Kier alpha value is -1.29. The minimum Gasteiger partial charge on any atom is -0.379 e. The maximum atomic E-state index is 8.26. The molecule has 0 saturated carbocycles. The van der Waals surface area contributed by atoms with E-state index in [9.17, 15) is 0 Å². The molecule has 0 radical (unpaired) electrons. The van der Waals surface area contributed by atoms with Gasteiger partial charge in [-0.1, -0.05) is 11.8 Å². The molecular formula is C10H9NOS. The standard InChI is InChI=1S/C10H9NOS/c1-12-7-10-6-9(8-13-10)4-2-3-5-11/h6,8H,3,7H2,1H3. The second-order valence-corrected chi connectivity index (χ2v) is 3.37. The molecule has 13 heavy (non-hydrogen) atoms. The number of nitriles is 1. The van der Waals surface area contributed by atoms with E-state index in [4.69, 9.17) is 10.00 Å². The molecule has 0 amide bonds. The molecule has 0 fully saturated rings. The molecule has 0 unspecified atom stereocenters. The number of hydrogen-bond donors (Lipinski definition) is 0. The maximum absolute atomic E-state index is 8.26. The molecule has 2 nitrogen and oxygen atoms in total. The monoisotopic (exact) mass is 191 g/mol. The fourth-order valence-electron chi connectivity index (χ4n) is 0.850. The van der Waals surface area contributed by atoms with Crippen molar-refractivity contribution >= 4 is 11.3 Å². The van der Waals surface area contributed by atoms with Crippen LogP contribution in [0.3, 0.4) is 0 Å². The fraction of sp³-hybridized carbons (Fsp3) is 0.300. The third-order valence-electron chi connectivity index (χ3n) is 1.34. The van der Waals surface area contributed by atoms with Crippen LogP contribution in [-0.4, -0.2) is 7.11 Å². The van der Waals surface area contributed by atoms with Crippen LogP contribution in [0.1, 0.15) is 16.9 Å². The molecule has 0 bridgehead atoms. The molecule has 0 aliphatic heterocycles. The number of rotatable bonds is 2. The Bertz CT molecular complexity index is 364. The van der Waals surface area contributed by atoms with Gasteiger partial charge in [0.25, 0.3) is 0 Å². The van der Waals surface area contributed by atoms with Crippen molar-refractivity contribution in [3.8, 4) is 17.9 Å². The molecule has 0 aliphatic carbocycles. The van der Waals surface area contributed by atoms with E-state index in [0.717, 1.165) is 10.4 Å². The summed E-state index contributed by atoms with van der Waals surface area (Å²) in [4.78, 5) is 1.16. The highest BCUT2D eigenvalue weighted by molar-refractivity contribution is 7.10. The summed E-state index contributed by atoms with van der Waals surface area (Å²) in [7, 11) is 1.67. The van der Waals surface area contributed by atoms with Crippen LogP contribution >= 0.6 is 11.3 Å². The number of thiophene rings is 1. The Balaban J connectivity index is 2.61. The lowest BCUT2D eigenvalue weighted by Gasteiger charge is -1.89. The number of methoxy groups -OCH3 is 1. The van der Waals surface area contributed by atoms with E-state index in [0.29, 0.717) is 6.61 Å². The zero-order chi connectivity index (χ0) is 9.52. The van der Waals surface area contributed by atoms with Crippen LogP contribution in [-0.2, 0) is 11.3 Å². The highest BCUT2D eigenvalue weighted by Crippen LogP contribution is 2.14. The van der Waals surface area contributed by atoms with Gasteiger partial charge in [0.15, 0.2) is 0 Å².